The summed E-state index contributed by atoms with van der Waals surface area (Å²) in [7, 11) is 4.76. The van der Waals surface area contributed by atoms with Gasteiger partial charge in [-0.3, -0.25) is 20.4 Å². The Morgan fingerprint density at radius 3 is 0.838 bits per heavy atom. The fraction of sp³-hybridized carbons (Fsp3) is 0.167. The topological polar surface area (TPSA) is 408 Å². The Kier molecular flexibility index (Phi) is 26.1. The van der Waals surface area contributed by atoms with Gasteiger partial charge < -0.3 is 68.5 Å². The summed E-state index contributed by atoms with van der Waals surface area (Å²) in [5.41, 5.74) is 2.93. The van der Waals surface area contributed by atoms with Gasteiger partial charge >= 0.3 is 35.8 Å². The van der Waals surface area contributed by atoms with Crippen LogP contribution in [0.5, 0.6) is 46.0 Å². The number of esters is 4. The molecule has 396 valence electrons. The van der Waals surface area contributed by atoms with Crippen molar-refractivity contribution in [1.29, 1.82) is 0 Å². The third-order valence-corrected chi connectivity index (χ3v) is 8.74. The molecule has 0 aliphatic rings. The third-order valence-electron chi connectivity index (χ3n) is 8.74. The molecule has 26 heteroatoms. The van der Waals surface area contributed by atoms with Crippen molar-refractivity contribution in [2.24, 2.45) is 11.7 Å². The van der Waals surface area contributed by atoms with E-state index in [0.717, 1.165) is 38.5 Å². The quantitative estimate of drug-likeness (QED) is 0.0115. The van der Waals surface area contributed by atoms with Gasteiger partial charge in [-0.15, -0.1) is 0 Å². The maximum absolute atomic E-state index is 11.9. The van der Waals surface area contributed by atoms with Gasteiger partial charge in [0.05, 0.1) is 39.6 Å². The average molecular weight is 1040 g/mol. The highest BCUT2D eigenvalue weighted by Gasteiger charge is 2.27. The molecule has 0 unspecified atom stereocenters. The number of carboxylic acids is 2. The lowest BCUT2D eigenvalue weighted by atomic mass is 10.1. The van der Waals surface area contributed by atoms with Crippen LogP contribution in [0.1, 0.15) is 82.9 Å². The molecule has 0 aliphatic carbocycles. The fourth-order valence-electron chi connectivity index (χ4n) is 5.38. The van der Waals surface area contributed by atoms with E-state index in [9.17, 15) is 48.6 Å². The summed E-state index contributed by atoms with van der Waals surface area (Å²) in [5, 5.41) is 54.1. The van der Waals surface area contributed by atoms with Crippen molar-refractivity contribution in [2.45, 2.75) is 0 Å². The van der Waals surface area contributed by atoms with E-state index in [4.69, 9.17) is 60.5 Å². The van der Waals surface area contributed by atoms with Crippen LogP contribution in [0.15, 0.2) is 99.2 Å². The first kappa shape index (κ1) is 61.9. The van der Waals surface area contributed by atoms with Gasteiger partial charge in [0.2, 0.25) is 0 Å². The average Bonchev–Trinajstić information content (AvgIpc) is 3.40. The second-order valence-electron chi connectivity index (χ2n) is 13.3. The van der Waals surface area contributed by atoms with E-state index in [1.165, 1.54) is 62.8 Å². The first-order valence-corrected chi connectivity index (χ1v) is 20.4. The van der Waals surface area contributed by atoms with Gasteiger partial charge in [0.15, 0.2) is 46.0 Å². The molecule has 0 atom stereocenters. The highest BCUT2D eigenvalue weighted by molar-refractivity contribution is 6.03. The Morgan fingerprint density at radius 1 is 0.405 bits per heavy atom. The number of ether oxygens (including phenoxy) is 8. The predicted molar refractivity (Wildman–Crippen MR) is 258 cm³/mol. The van der Waals surface area contributed by atoms with Crippen LogP contribution in [0.4, 0.5) is 0 Å². The third kappa shape index (κ3) is 16.5. The molecule has 0 saturated heterocycles. The molecule has 0 heterocycles. The largest absolute Gasteiger partial charge is 0.504 e. The summed E-state index contributed by atoms with van der Waals surface area (Å²) >= 11 is 0. The lowest BCUT2D eigenvalue weighted by Gasteiger charge is -2.17. The smallest absolute Gasteiger partial charge is 0.341 e. The van der Waals surface area contributed by atoms with Gasteiger partial charge in [-0.05, 0) is 48.5 Å². The number of rotatable bonds is 20. The number of nitrogen functional groups attached to an aromatic ring is 2. The summed E-state index contributed by atoms with van der Waals surface area (Å²) in [6, 6.07) is 9.72. The maximum Gasteiger partial charge on any atom is 0.341 e. The molecular formula is C48H52N4O22. The van der Waals surface area contributed by atoms with E-state index in [1.807, 2.05) is 10.9 Å². The molecule has 26 nitrogen and oxygen atoms in total. The SMILES string of the molecule is C=CCOc1c(C(=O)NN)ccc(C(=O)NN)c1OCC=C.C=CCOc1c(C(=O)OC)ccc(C(=O)OC)c1OCC=C.COC(=O)c1ccc(C(=O)OC)c(O)c1O.O=C(O)c1ccc(C(=O)O)c(O)c1O. The van der Waals surface area contributed by atoms with E-state index in [-0.39, 0.29) is 82.8 Å². The number of benzene rings is 4. The second-order valence-corrected chi connectivity index (χ2v) is 13.3. The normalized spacial score (nSPS) is 9.59. The number of carbonyl (C=O) groups is 8. The van der Waals surface area contributed by atoms with Gasteiger partial charge in [-0.2, -0.15) is 0 Å². The molecule has 4 aromatic carbocycles. The number of aromatic carboxylic acids is 2. The van der Waals surface area contributed by atoms with Gasteiger partial charge in [-0.1, -0.05) is 50.6 Å². The number of hydrogen-bond acceptors (Lipinski definition) is 22. The molecule has 0 fully saturated rings. The summed E-state index contributed by atoms with van der Waals surface area (Å²) < 4.78 is 40.0. The lowest BCUT2D eigenvalue weighted by molar-refractivity contribution is 0.0578. The molecule has 4 rings (SSSR count). The number of nitrogens with one attached hydrogen (secondary N) is 2. The minimum Gasteiger partial charge on any atom is -0.504 e. The van der Waals surface area contributed by atoms with Crippen LogP contribution in [-0.4, -0.2) is 133 Å². The Hall–Kier alpha value is -10.1. The van der Waals surface area contributed by atoms with Crippen molar-refractivity contribution in [3.05, 3.63) is 144 Å². The molecule has 0 radical (unpaired) electrons. The lowest BCUT2D eigenvalue weighted by Crippen LogP contribution is -2.32. The fourth-order valence-corrected chi connectivity index (χ4v) is 5.38. The molecule has 4 aromatic rings. The van der Waals surface area contributed by atoms with Gasteiger partial charge in [0.25, 0.3) is 11.8 Å². The van der Waals surface area contributed by atoms with E-state index < -0.39 is 81.8 Å². The van der Waals surface area contributed by atoms with Crippen molar-refractivity contribution in [3.63, 3.8) is 0 Å². The molecule has 0 aliphatic heterocycles. The zero-order chi connectivity index (χ0) is 56.2. The van der Waals surface area contributed by atoms with Crippen LogP contribution in [0, 0.1) is 0 Å². The molecule has 0 bridgehead atoms. The van der Waals surface area contributed by atoms with Crippen molar-refractivity contribution >= 4 is 47.6 Å². The van der Waals surface area contributed by atoms with Crippen LogP contribution in [0.3, 0.4) is 0 Å². The first-order chi connectivity index (χ1) is 35.2. The summed E-state index contributed by atoms with van der Waals surface area (Å²) in [6.45, 7) is 14.6. The molecule has 0 saturated carbocycles. The molecule has 0 spiro atoms. The Balaban J connectivity index is 0.000000501. The number of methoxy groups -OCH3 is 4. The van der Waals surface area contributed by atoms with Gasteiger partial charge in [0, 0.05) is 0 Å². The molecule has 0 aromatic heterocycles. The van der Waals surface area contributed by atoms with Crippen LogP contribution in [0.2, 0.25) is 0 Å². The second kappa shape index (κ2) is 31.2. The van der Waals surface area contributed by atoms with Crippen LogP contribution in [0.25, 0.3) is 0 Å². The highest BCUT2D eigenvalue weighted by Crippen LogP contribution is 2.38. The first-order valence-electron chi connectivity index (χ1n) is 20.4. The highest BCUT2D eigenvalue weighted by atomic mass is 16.6. The minimum atomic E-state index is -1.45. The summed E-state index contributed by atoms with van der Waals surface area (Å²) in [4.78, 5) is 90.5. The Morgan fingerprint density at radius 2 is 0.608 bits per heavy atom. The number of phenols is 4. The van der Waals surface area contributed by atoms with Crippen LogP contribution in [-0.2, 0) is 18.9 Å². The van der Waals surface area contributed by atoms with Crippen molar-refractivity contribution < 1.29 is 107 Å². The zero-order valence-electron chi connectivity index (χ0n) is 40.0. The predicted octanol–water partition coefficient (Wildman–Crippen LogP) is 3.58. The number of carbonyl (C=O) groups excluding carboxylic acids is 6. The monoisotopic (exact) mass is 1040 g/mol. The van der Waals surface area contributed by atoms with E-state index >= 15 is 0 Å². The number of amides is 2. The number of carboxylic acid groups (broad SMARTS) is 2. The summed E-state index contributed by atoms with van der Waals surface area (Å²) in [5.74, 6) is 0.334. The standard InChI is InChI=1S/C16H18O6.C14H18N4O4.C10H10O6.C8H6O6/c1-5-9-21-13-11(15(17)19-3)7-8-12(16(18)20-4)14(13)22-10-6-2;1-3-7-21-11-9(13(19)17-15)5-6-10(14(20)18-16)12(11)22-8-4-2;1-15-9(13)5-3-4-6(10(14)16-2)8(12)7(5)11;9-5-3(7(11)12)1-2-4(6(5)10)8(13)14/h5-8H,1-2,9-10H2,3-4H3;3-6H,1-2,7-8,15-16H2,(H,17,19)(H,18,20);3-4,11-12H,1-2H3;1-2,9-10H,(H,11,12)(H,13,14). The summed E-state index contributed by atoms with van der Waals surface area (Å²) in [6.07, 6.45) is 5.97. The number of hydrazine groups is 2. The Labute approximate surface area is 420 Å². The van der Waals surface area contributed by atoms with Crippen molar-refractivity contribution in [3.8, 4) is 46.0 Å². The molecule has 2 amide bonds. The van der Waals surface area contributed by atoms with Crippen LogP contribution >= 0.6 is 0 Å². The van der Waals surface area contributed by atoms with E-state index in [2.05, 4.69) is 35.8 Å². The van der Waals surface area contributed by atoms with E-state index in [0.29, 0.717) is 0 Å². The number of hydrogen-bond donors (Lipinski definition) is 10. The zero-order valence-corrected chi connectivity index (χ0v) is 40.0. The number of phenolic OH excluding ortho intramolecular Hbond substituents is 2. The number of aromatic hydroxyl groups is 4. The van der Waals surface area contributed by atoms with Crippen LogP contribution < -0.4 is 41.5 Å². The molecular weight excluding hydrogens is 985 g/mol. The van der Waals surface area contributed by atoms with Gasteiger partial charge in [0.1, 0.15) is 59.8 Å². The Bertz CT molecular complexity index is 2470. The minimum absolute atomic E-state index is 0.0609. The van der Waals surface area contributed by atoms with E-state index in [1.54, 1.807) is 0 Å². The molecule has 74 heavy (non-hydrogen) atoms. The van der Waals surface area contributed by atoms with Gasteiger partial charge in [-0.25, -0.2) is 40.5 Å². The maximum atomic E-state index is 11.9. The van der Waals surface area contributed by atoms with Crippen molar-refractivity contribution in [1.82, 2.24) is 10.9 Å². The molecule has 12 N–H and O–H groups in total. The number of nitrogens with two attached hydrogens (primary N) is 2. The van der Waals surface area contributed by atoms with Crippen molar-refractivity contribution in [2.75, 3.05) is 54.9 Å².